The SMILES string of the molecule is CS(=O)(=O)C1CSCCN1c1ccc(F)cc1CBr. The van der Waals surface area contributed by atoms with Crippen LogP contribution in [0.25, 0.3) is 0 Å². The lowest BCUT2D eigenvalue weighted by atomic mass is 10.1. The molecule has 0 spiro atoms. The highest BCUT2D eigenvalue weighted by atomic mass is 79.9. The summed E-state index contributed by atoms with van der Waals surface area (Å²) in [5.74, 6) is 1.13. The van der Waals surface area contributed by atoms with Crippen molar-refractivity contribution in [2.45, 2.75) is 10.7 Å². The lowest BCUT2D eigenvalue weighted by Crippen LogP contribution is -2.47. The van der Waals surface area contributed by atoms with Gasteiger partial charge in [-0.2, -0.15) is 11.8 Å². The van der Waals surface area contributed by atoms with Crippen LogP contribution >= 0.6 is 27.7 Å². The lowest BCUT2D eigenvalue weighted by Gasteiger charge is -2.37. The number of anilines is 1. The number of nitrogens with zero attached hydrogens (tertiary/aromatic N) is 1. The number of sulfone groups is 1. The van der Waals surface area contributed by atoms with Crippen LogP contribution in [0.15, 0.2) is 18.2 Å². The fourth-order valence-corrected chi connectivity index (χ4v) is 5.43. The summed E-state index contributed by atoms with van der Waals surface area (Å²) >= 11 is 4.97. The summed E-state index contributed by atoms with van der Waals surface area (Å²) in [4.78, 5) is 1.88. The van der Waals surface area contributed by atoms with Gasteiger partial charge < -0.3 is 4.90 Å². The molecule has 1 atom stereocenters. The van der Waals surface area contributed by atoms with Crippen molar-refractivity contribution in [2.24, 2.45) is 0 Å². The molecule has 1 aromatic rings. The Hall–Kier alpha value is -0.270. The van der Waals surface area contributed by atoms with Gasteiger partial charge in [-0.3, -0.25) is 0 Å². The van der Waals surface area contributed by atoms with Gasteiger partial charge in [0.2, 0.25) is 0 Å². The molecule has 0 saturated carbocycles. The fraction of sp³-hybridized carbons (Fsp3) is 0.500. The summed E-state index contributed by atoms with van der Waals surface area (Å²) in [5.41, 5.74) is 1.58. The maximum Gasteiger partial charge on any atom is 0.169 e. The molecule has 0 bridgehead atoms. The van der Waals surface area contributed by atoms with E-state index in [1.165, 1.54) is 18.4 Å². The van der Waals surface area contributed by atoms with E-state index in [0.29, 0.717) is 17.6 Å². The Bertz CT molecular complexity index is 565. The average molecular weight is 368 g/mol. The number of thioether (sulfide) groups is 1. The molecule has 0 aromatic heterocycles. The molecule has 0 amide bonds. The first kappa shape index (κ1) is 15.1. The standard InChI is InChI=1S/C12H15BrFNO2S2/c1-19(16,17)12-8-18-5-4-15(12)11-3-2-10(14)6-9(11)7-13/h2-3,6,12H,4-5,7-8H2,1H3. The van der Waals surface area contributed by atoms with E-state index in [1.54, 1.807) is 17.8 Å². The second-order valence-corrected chi connectivity index (χ2v) is 8.37. The third-order valence-electron chi connectivity index (χ3n) is 3.07. The Morgan fingerprint density at radius 1 is 1.53 bits per heavy atom. The van der Waals surface area contributed by atoms with Gasteiger partial charge >= 0.3 is 0 Å². The zero-order valence-corrected chi connectivity index (χ0v) is 13.7. The normalized spacial score (nSPS) is 20.6. The zero-order chi connectivity index (χ0) is 14.0. The minimum absolute atomic E-state index is 0.305. The Labute approximate surface area is 125 Å². The first-order valence-corrected chi connectivity index (χ1v) is 10.0. The fourth-order valence-electron chi connectivity index (χ4n) is 2.15. The van der Waals surface area contributed by atoms with Crippen LogP contribution in [0.5, 0.6) is 0 Å². The van der Waals surface area contributed by atoms with E-state index in [1.807, 2.05) is 4.90 Å². The van der Waals surface area contributed by atoms with Crippen LogP contribution in [-0.2, 0) is 15.2 Å². The minimum atomic E-state index is -3.16. The van der Waals surface area contributed by atoms with Gasteiger partial charge in [-0.1, -0.05) is 15.9 Å². The third-order valence-corrected chi connectivity index (χ3v) is 6.32. The second-order valence-electron chi connectivity index (χ2n) is 4.46. The first-order valence-electron chi connectivity index (χ1n) is 5.81. The lowest BCUT2D eigenvalue weighted by molar-refractivity contribution is 0.584. The summed E-state index contributed by atoms with van der Waals surface area (Å²) in [5, 5.41) is -0.0326. The summed E-state index contributed by atoms with van der Waals surface area (Å²) in [6.07, 6.45) is 1.26. The van der Waals surface area contributed by atoms with Crippen molar-refractivity contribution < 1.29 is 12.8 Å². The van der Waals surface area contributed by atoms with Crippen LogP contribution < -0.4 is 4.90 Å². The molecule has 0 radical (unpaired) electrons. The first-order chi connectivity index (χ1) is 8.93. The monoisotopic (exact) mass is 367 g/mol. The molecule has 1 fully saturated rings. The summed E-state index contributed by atoms with van der Waals surface area (Å²) in [7, 11) is -3.16. The van der Waals surface area contributed by atoms with Crippen molar-refractivity contribution in [3.8, 4) is 0 Å². The van der Waals surface area contributed by atoms with E-state index in [9.17, 15) is 12.8 Å². The molecule has 0 aliphatic carbocycles. The Morgan fingerprint density at radius 2 is 2.26 bits per heavy atom. The summed E-state index contributed by atoms with van der Waals surface area (Å²) < 4.78 is 37.1. The highest BCUT2D eigenvalue weighted by Crippen LogP contribution is 2.31. The molecule has 1 unspecified atom stereocenters. The van der Waals surface area contributed by atoms with E-state index in [2.05, 4.69) is 15.9 Å². The molecular formula is C12H15BrFNO2S2. The van der Waals surface area contributed by atoms with Crippen molar-refractivity contribution in [1.82, 2.24) is 0 Å². The number of benzene rings is 1. The molecule has 0 N–H and O–H groups in total. The van der Waals surface area contributed by atoms with Crippen molar-refractivity contribution in [2.75, 3.05) is 29.2 Å². The maximum absolute atomic E-state index is 13.3. The van der Waals surface area contributed by atoms with Gasteiger partial charge in [0.1, 0.15) is 11.2 Å². The number of rotatable bonds is 3. The largest absolute Gasteiger partial charge is 0.353 e. The smallest absolute Gasteiger partial charge is 0.169 e. The molecule has 1 saturated heterocycles. The van der Waals surface area contributed by atoms with Gasteiger partial charge in [0.15, 0.2) is 9.84 Å². The quantitative estimate of drug-likeness (QED) is 0.769. The number of halogens is 2. The van der Waals surface area contributed by atoms with E-state index < -0.39 is 15.2 Å². The van der Waals surface area contributed by atoms with E-state index in [-0.39, 0.29) is 5.82 Å². The molecule has 1 aromatic carbocycles. The van der Waals surface area contributed by atoms with Crippen LogP contribution in [0.2, 0.25) is 0 Å². The molecule has 1 aliphatic heterocycles. The molecule has 1 heterocycles. The average Bonchev–Trinajstić information content (AvgIpc) is 2.37. The Balaban J connectivity index is 2.43. The molecule has 106 valence electrons. The van der Waals surface area contributed by atoms with Crippen molar-refractivity contribution in [3.05, 3.63) is 29.6 Å². The zero-order valence-electron chi connectivity index (χ0n) is 10.5. The molecular weight excluding hydrogens is 353 g/mol. The predicted octanol–water partition coefficient (Wildman–Crippen LogP) is 2.64. The number of hydrogen-bond donors (Lipinski definition) is 0. The van der Waals surface area contributed by atoms with E-state index >= 15 is 0 Å². The van der Waals surface area contributed by atoms with Crippen molar-refractivity contribution >= 4 is 43.2 Å². The van der Waals surface area contributed by atoms with Crippen molar-refractivity contribution in [3.63, 3.8) is 0 Å². The van der Waals surface area contributed by atoms with Gasteiger partial charge in [0.05, 0.1) is 0 Å². The molecule has 1 aliphatic rings. The third kappa shape index (κ3) is 3.44. The van der Waals surface area contributed by atoms with Crippen LogP contribution in [0.1, 0.15) is 5.56 Å². The second kappa shape index (κ2) is 6.01. The highest BCUT2D eigenvalue weighted by Gasteiger charge is 2.32. The number of alkyl halides is 1. The van der Waals surface area contributed by atoms with Crippen LogP contribution in [-0.4, -0.2) is 38.1 Å². The van der Waals surface area contributed by atoms with Gasteiger partial charge in [-0.25, -0.2) is 12.8 Å². The minimum Gasteiger partial charge on any atom is -0.353 e. The molecule has 19 heavy (non-hydrogen) atoms. The maximum atomic E-state index is 13.3. The van der Waals surface area contributed by atoms with E-state index in [0.717, 1.165) is 17.0 Å². The number of hydrogen-bond acceptors (Lipinski definition) is 4. The van der Waals surface area contributed by atoms with Gasteiger partial charge in [0, 0.05) is 35.3 Å². The molecule has 3 nitrogen and oxygen atoms in total. The van der Waals surface area contributed by atoms with Crippen molar-refractivity contribution in [1.29, 1.82) is 0 Å². The Morgan fingerprint density at radius 3 is 2.89 bits per heavy atom. The summed E-state index contributed by atoms with van der Waals surface area (Å²) in [6, 6.07) is 4.49. The van der Waals surface area contributed by atoms with Crippen LogP contribution in [0.4, 0.5) is 10.1 Å². The highest BCUT2D eigenvalue weighted by molar-refractivity contribution is 9.08. The van der Waals surface area contributed by atoms with Crippen LogP contribution in [0.3, 0.4) is 0 Å². The van der Waals surface area contributed by atoms with Gasteiger partial charge in [-0.05, 0) is 23.8 Å². The van der Waals surface area contributed by atoms with E-state index in [4.69, 9.17) is 0 Å². The molecule has 2 rings (SSSR count). The molecule has 7 heteroatoms. The summed E-state index contributed by atoms with van der Waals surface area (Å²) in [6.45, 7) is 0.661. The van der Waals surface area contributed by atoms with Gasteiger partial charge in [0.25, 0.3) is 0 Å². The topological polar surface area (TPSA) is 37.4 Å². The van der Waals surface area contributed by atoms with Gasteiger partial charge in [-0.15, -0.1) is 0 Å². The predicted molar refractivity (Wildman–Crippen MR) is 82.3 cm³/mol. The van der Waals surface area contributed by atoms with Crippen LogP contribution in [0, 0.1) is 5.82 Å². The Kier molecular flexibility index (Phi) is 4.79.